The van der Waals surface area contributed by atoms with Gasteiger partial charge < -0.3 is 15.2 Å². The summed E-state index contributed by atoms with van der Waals surface area (Å²) in [6, 6.07) is 3.90. The molecule has 1 amide bonds. The van der Waals surface area contributed by atoms with E-state index in [1.165, 1.54) is 6.42 Å². The summed E-state index contributed by atoms with van der Waals surface area (Å²) in [6.45, 7) is 2.92. The second kappa shape index (κ2) is 9.00. The molecule has 1 saturated heterocycles. The topological polar surface area (TPSA) is 80.0 Å². The molecule has 3 heterocycles. The molecule has 0 saturated carbocycles. The van der Waals surface area contributed by atoms with E-state index in [2.05, 4.69) is 20.8 Å². The summed E-state index contributed by atoms with van der Waals surface area (Å²) in [7, 11) is 0. The summed E-state index contributed by atoms with van der Waals surface area (Å²) in [6.07, 6.45) is 3.12. The van der Waals surface area contributed by atoms with Crippen LogP contribution >= 0.6 is 23.7 Å². The predicted octanol–water partition coefficient (Wildman–Crippen LogP) is 2.27. The summed E-state index contributed by atoms with van der Waals surface area (Å²) >= 11 is 1.57. The lowest BCUT2D eigenvalue weighted by Crippen LogP contribution is -2.26. The standard InChI is InChI=1S/C15H20N4O2S.ClH/c20-13(17-8-6-11-5-7-16-10-11)3-4-14-18-15(19-21-14)12-2-1-9-22-12;/h1-2,9,11,16H,3-8,10H2,(H,17,20);1H. The van der Waals surface area contributed by atoms with Crippen LogP contribution in [0, 0.1) is 5.92 Å². The molecule has 126 valence electrons. The largest absolute Gasteiger partial charge is 0.356 e. The van der Waals surface area contributed by atoms with Crippen molar-refractivity contribution < 1.29 is 9.32 Å². The third kappa shape index (κ3) is 5.30. The second-order valence-corrected chi connectivity index (χ2v) is 6.43. The number of carbonyl (C=O) groups excluding carboxylic acids is 1. The Morgan fingerprint density at radius 2 is 2.43 bits per heavy atom. The zero-order valence-electron chi connectivity index (χ0n) is 12.8. The lowest BCUT2D eigenvalue weighted by Gasteiger charge is -2.08. The molecule has 1 fully saturated rings. The molecule has 8 heteroatoms. The first-order valence-corrected chi connectivity index (χ1v) is 8.53. The van der Waals surface area contributed by atoms with Crippen molar-refractivity contribution in [2.75, 3.05) is 19.6 Å². The molecule has 2 N–H and O–H groups in total. The molecule has 6 nitrogen and oxygen atoms in total. The van der Waals surface area contributed by atoms with E-state index < -0.39 is 0 Å². The molecular weight excluding hydrogens is 336 g/mol. The second-order valence-electron chi connectivity index (χ2n) is 5.49. The Hall–Kier alpha value is -1.44. The molecule has 1 atom stereocenters. The molecule has 0 radical (unpaired) electrons. The number of nitrogens with one attached hydrogen (secondary N) is 2. The predicted molar refractivity (Wildman–Crippen MR) is 91.8 cm³/mol. The highest BCUT2D eigenvalue weighted by Crippen LogP contribution is 2.21. The minimum Gasteiger partial charge on any atom is -0.356 e. The van der Waals surface area contributed by atoms with Crippen LogP contribution in [-0.2, 0) is 11.2 Å². The number of thiophene rings is 1. The van der Waals surface area contributed by atoms with Crippen molar-refractivity contribution in [2.45, 2.75) is 25.7 Å². The lowest BCUT2D eigenvalue weighted by molar-refractivity contribution is -0.121. The van der Waals surface area contributed by atoms with Crippen LogP contribution in [0.15, 0.2) is 22.0 Å². The van der Waals surface area contributed by atoms with Crippen LogP contribution in [0.5, 0.6) is 0 Å². The maximum atomic E-state index is 11.8. The Bertz CT molecular complexity index is 596. The fourth-order valence-corrected chi connectivity index (χ4v) is 3.20. The Morgan fingerprint density at radius 1 is 1.52 bits per heavy atom. The zero-order valence-corrected chi connectivity index (χ0v) is 14.4. The van der Waals surface area contributed by atoms with Gasteiger partial charge in [-0.2, -0.15) is 4.98 Å². The monoisotopic (exact) mass is 356 g/mol. The van der Waals surface area contributed by atoms with Crippen molar-refractivity contribution in [3.8, 4) is 10.7 Å². The quantitative estimate of drug-likeness (QED) is 0.795. The molecule has 0 bridgehead atoms. The Morgan fingerprint density at radius 3 is 3.17 bits per heavy atom. The lowest BCUT2D eigenvalue weighted by atomic mass is 10.1. The average Bonchev–Trinajstić information content (AvgIpc) is 3.26. The van der Waals surface area contributed by atoms with Crippen molar-refractivity contribution in [3.05, 3.63) is 23.4 Å². The maximum absolute atomic E-state index is 11.8. The van der Waals surface area contributed by atoms with E-state index in [1.807, 2.05) is 17.5 Å². The molecule has 23 heavy (non-hydrogen) atoms. The first kappa shape index (κ1) is 17.9. The van der Waals surface area contributed by atoms with Crippen LogP contribution in [0.1, 0.15) is 25.2 Å². The Balaban J connectivity index is 0.00000192. The van der Waals surface area contributed by atoms with E-state index in [0.717, 1.165) is 30.9 Å². The molecule has 0 aromatic carbocycles. The molecular formula is C15H21ClN4O2S. The fourth-order valence-electron chi connectivity index (χ4n) is 2.55. The molecule has 0 aliphatic carbocycles. The van der Waals surface area contributed by atoms with Crippen LogP contribution < -0.4 is 10.6 Å². The average molecular weight is 357 g/mol. The zero-order chi connectivity index (χ0) is 15.2. The van der Waals surface area contributed by atoms with Crippen LogP contribution in [0.3, 0.4) is 0 Å². The molecule has 1 aliphatic heterocycles. The van der Waals surface area contributed by atoms with Crippen molar-refractivity contribution >= 4 is 29.7 Å². The molecule has 0 spiro atoms. The van der Waals surface area contributed by atoms with E-state index in [4.69, 9.17) is 4.52 Å². The van der Waals surface area contributed by atoms with Gasteiger partial charge in [-0.1, -0.05) is 11.2 Å². The van der Waals surface area contributed by atoms with Crippen LogP contribution in [-0.4, -0.2) is 35.7 Å². The van der Waals surface area contributed by atoms with E-state index in [0.29, 0.717) is 30.5 Å². The first-order chi connectivity index (χ1) is 10.8. The number of aromatic nitrogens is 2. The molecule has 1 aliphatic rings. The minimum atomic E-state index is 0. The number of halogens is 1. The molecule has 2 aromatic heterocycles. The summed E-state index contributed by atoms with van der Waals surface area (Å²) in [5.41, 5.74) is 0. The van der Waals surface area contributed by atoms with Crippen LogP contribution in [0.2, 0.25) is 0 Å². The van der Waals surface area contributed by atoms with E-state index in [1.54, 1.807) is 11.3 Å². The van der Waals surface area contributed by atoms with Gasteiger partial charge in [0, 0.05) is 19.4 Å². The Labute approximate surface area is 145 Å². The van der Waals surface area contributed by atoms with Crippen LogP contribution in [0.4, 0.5) is 0 Å². The van der Waals surface area contributed by atoms with E-state index in [9.17, 15) is 4.79 Å². The number of aryl methyl sites for hydroxylation is 1. The normalized spacial score (nSPS) is 17.0. The van der Waals surface area contributed by atoms with E-state index in [-0.39, 0.29) is 18.3 Å². The SMILES string of the molecule is Cl.O=C(CCc1nc(-c2cccs2)no1)NCCC1CCNC1. The smallest absolute Gasteiger partial charge is 0.227 e. The number of hydrogen-bond acceptors (Lipinski definition) is 6. The van der Waals surface area contributed by atoms with Gasteiger partial charge in [-0.3, -0.25) is 4.79 Å². The molecule has 2 aromatic rings. The van der Waals surface area contributed by atoms with Gasteiger partial charge in [-0.15, -0.1) is 23.7 Å². The van der Waals surface area contributed by atoms with Crippen molar-refractivity contribution in [3.63, 3.8) is 0 Å². The first-order valence-electron chi connectivity index (χ1n) is 7.65. The number of hydrogen-bond donors (Lipinski definition) is 2. The van der Waals surface area contributed by atoms with Crippen LogP contribution in [0.25, 0.3) is 10.7 Å². The number of nitrogens with zero attached hydrogens (tertiary/aromatic N) is 2. The maximum Gasteiger partial charge on any atom is 0.227 e. The Kier molecular flexibility index (Phi) is 7.01. The highest BCUT2D eigenvalue weighted by atomic mass is 35.5. The summed E-state index contributed by atoms with van der Waals surface area (Å²) < 4.78 is 5.18. The van der Waals surface area contributed by atoms with E-state index >= 15 is 0 Å². The number of rotatable bonds is 7. The van der Waals surface area contributed by atoms with Gasteiger partial charge in [-0.25, -0.2) is 0 Å². The van der Waals surface area contributed by atoms with Gasteiger partial charge in [0.15, 0.2) is 0 Å². The van der Waals surface area contributed by atoms with Gasteiger partial charge in [0.1, 0.15) is 0 Å². The third-order valence-electron chi connectivity index (χ3n) is 3.81. The fraction of sp³-hybridized carbons (Fsp3) is 0.533. The molecule has 3 rings (SSSR count). The highest BCUT2D eigenvalue weighted by Gasteiger charge is 2.15. The number of amides is 1. The molecule has 1 unspecified atom stereocenters. The summed E-state index contributed by atoms with van der Waals surface area (Å²) in [4.78, 5) is 17.1. The number of carbonyl (C=O) groups is 1. The summed E-state index contributed by atoms with van der Waals surface area (Å²) in [5.74, 6) is 1.85. The summed E-state index contributed by atoms with van der Waals surface area (Å²) in [5, 5.41) is 12.2. The van der Waals surface area contributed by atoms with Gasteiger partial charge >= 0.3 is 0 Å². The van der Waals surface area contributed by atoms with Gasteiger partial charge in [0.2, 0.25) is 17.6 Å². The van der Waals surface area contributed by atoms with Crippen molar-refractivity contribution in [1.29, 1.82) is 0 Å². The van der Waals surface area contributed by atoms with Crippen molar-refractivity contribution in [2.24, 2.45) is 5.92 Å². The minimum absolute atomic E-state index is 0. The van der Waals surface area contributed by atoms with Gasteiger partial charge in [0.05, 0.1) is 4.88 Å². The van der Waals surface area contributed by atoms with Gasteiger partial charge in [0.25, 0.3) is 0 Å². The highest BCUT2D eigenvalue weighted by molar-refractivity contribution is 7.13. The van der Waals surface area contributed by atoms with Crippen molar-refractivity contribution in [1.82, 2.24) is 20.8 Å². The third-order valence-corrected chi connectivity index (χ3v) is 4.68. The van der Waals surface area contributed by atoms with Gasteiger partial charge in [-0.05, 0) is 43.3 Å².